The molecular formula is C21H22BrN3S. The van der Waals surface area contributed by atoms with Crippen LogP contribution in [0.25, 0.3) is 10.9 Å². The number of hydrogen-bond donors (Lipinski definition) is 0. The van der Waals surface area contributed by atoms with Gasteiger partial charge in [0.25, 0.3) is 0 Å². The molecule has 1 saturated heterocycles. The maximum absolute atomic E-state index is 4.85. The molecule has 0 atom stereocenters. The van der Waals surface area contributed by atoms with Gasteiger partial charge in [-0.25, -0.2) is 4.98 Å². The van der Waals surface area contributed by atoms with Gasteiger partial charge in [-0.2, -0.15) is 0 Å². The Labute approximate surface area is 167 Å². The van der Waals surface area contributed by atoms with Crippen LogP contribution in [0.4, 0.5) is 5.82 Å². The van der Waals surface area contributed by atoms with Crippen molar-refractivity contribution in [2.45, 2.75) is 4.90 Å². The lowest BCUT2D eigenvalue weighted by atomic mass is 10.2. The lowest BCUT2D eigenvalue weighted by Gasteiger charge is -2.35. The van der Waals surface area contributed by atoms with E-state index in [4.69, 9.17) is 4.98 Å². The number of rotatable bonds is 5. The van der Waals surface area contributed by atoms with Crippen LogP contribution in [0.2, 0.25) is 0 Å². The monoisotopic (exact) mass is 427 g/mol. The molecule has 2 aromatic carbocycles. The minimum Gasteiger partial charge on any atom is -0.354 e. The molecule has 0 aliphatic carbocycles. The second kappa shape index (κ2) is 8.42. The molecule has 134 valence electrons. The number of pyridine rings is 1. The second-order valence-electron chi connectivity index (χ2n) is 6.50. The highest BCUT2D eigenvalue weighted by atomic mass is 79.9. The summed E-state index contributed by atoms with van der Waals surface area (Å²) in [6.45, 7) is 5.45. The minimum atomic E-state index is 1.05. The van der Waals surface area contributed by atoms with Crippen LogP contribution in [0, 0.1) is 0 Å². The normalized spacial score (nSPS) is 15.5. The summed E-state index contributed by atoms with van der Waals surface area (Å²) in [5.41, 5.74) is 1.06. The van der Waals surface area contributed by atoms with E-state index in [2.05, 4.69) is 86.4 Å². The van der Waals surface area contributed by atoms with Crippen LogP contribution in [0.5, 0.6) is 0 Å². The van der Waals surface area contributed by atoms with Gasteiger partial charge in [0, 0.05) is 53.2 Å². The Hall–Kier alpha value is -1.56. The van der Waals surface area contributed by atoms with Crippen molar-refractivity contribution in [1.29, 1.82) is 0 Å². The van der Waals surface area contributed by atoms with E-state index < -0.39 is 0 Å². The number of nitrogens with zero attached hydrogens (tertiary/aromatic N) is 3. The van der Waals surface area contributed by atoms with Crippen molar-refractivity contribution >= 4 is 44.4 Å². The van der Waals surface area contributed by atoms with Crippen LogP contribution >= 0.6 is 27.7 Å². The molecule has 3 aromatic rings. The Morgan fingerprint density at radius 3 is 2.54 bits per heavy atom. The highest BCUT2D eigenvalue weighted by molar-refractivity contribution is 9.10. The smallest absolute Gasteiger partial charge is 0.129 e. The second-order valence-corrected chi connectivity index (χ2v) is 8.58. The van der Waals surface area contributed by atoms with Crippen molar-refractivity contribution in [1.82, 2.24) is 9.88 Å². The van der Waals surface area contributed by atoms with Gasteiger partial charge in [0.2, 0.25) is 0 Å². The summed E-state index contributed by atoms with van der Waals surface area (Å²) in [4.78, 5) is 11.2. The predicted molar refractivity (Wildman–Crippen MR) is 115 cm³/mol. The molecule has 1 aliphatic rings. The Morgan fingerprint density at radius 2 is 1.73 bits per heavy atom. The van der Waals surface area contributed by atoms with Crippen molar-refractivity contribution in [3.63, 3.8) is 0 Å². The van der Waals surface area contributed by atoms with Gasteiger partial charge in [-0.1, -0.05) is 34.1 Å². The lowest BCUT2D eigenvalue weighted by molar-refractivity contribution is 0.273. The van der Waals surface area contributed by atoms with Gasteiger partial charge in [0.1, 0.15) is 5.82 Å². The number of aromatic nitrogens is 1. The molecule has 5 heteroatoms. The zero-order valence-corrected chi connectivity index (χ0v) is 17.0. The average Bonchev–Trinajstić information content (AvgIpc) is 2.69. The van der Waals surface area contributed by atoms with Crippen molar-refractivity contribution in [2.24, 2.45) is 0 Å². The molecule has 2 heterocycles. The van der Waals surface area contributed by atoms with E-state index in [0.717, 1.165) is 54.3 Å². The molecule has 1 aliphatic heterocycles. The molecule has 0 bridgehead atoms. The number of thioether (sulfide) groups is 1. The van der Waals surface area contributed by atoms with E-state index in [0.29, 0.717) is 0 Å². The topological polar surface area (TPSA) is 19.4 Å². The fourth-order valence-corrected chi connectivity index (χ4v) is 4.59. The van der Waals surface area contributed by atoms with Crippen molar-refractivity contribution in [3.05, 3.63) is 65.1 Å². The van der Waals surface area contributed by atoms with Crippen LogP contribution in [0.1, 0.15) is 0 Å². The van der Waals surface area contributed by atoms with Gasteiger partial charge in [0.15, 0.2) is 0 Å². The molecule has 1 fully saturated rings. The average molecular weight is 428 g/mol. The number of hydrogen-bond acceptors (Lipinski definition) is 4. The summed E-state index contributed by atoms with van der Waals surface area (Å²) in [5, 5.41) is 1.18. The molecule has 1 aromatic heterocycles. The SMILES string of the molecule is Brc1ccc2nc(N3CCN(CCSc4ccccc4)CC3)ccc2c1. The number of fused-ring (bicyclic) bond motifs is 1. The summed E-state index contributed by atoms with van der Waals surface area (Å²) in [6.07, 6.45) is 0. The van der Waals surface area contributed by atoms with Crippen molar-refractivity contribution < 1.29 is 0 Å². The Morgan fingerprint density at radius 1 is 0.923 bits per heavy atom. The Bertz CT molecular complexity index is 864. The van der Waals surface area contributed by atoms with Crippen molar-refractivity contribution in [2.75, 3.05) is 43.4 Å². The third kappa shape index (κ3) is 4.40. The van der Waals surface area contributed by atoms with Crippen LogP contribution in [0.15, 0.2) is 70.0 Å². The first-order chi connectivity index (χ1) is 12.8. The fourth-order valence-electron chi connectivity index (χ4n) is 3.27. The highest BCUT2D eigenvalue weighted by Crippen LogP contribution is 2.23. The van der Waals surface area contributed by atoms with Gasteiger partial charge < -0.3 is 4.90 Å². The zero-order chi connectivity index (χ0) is 17.8. The summed E-state index contributed by atoms with van der Waals surface area (Å²) < 4.78 is 1.10. The first-order valence-corrected chi connectivity index (χ1v) is 10.8. The largest absolute Gasteiger partial charge is 0.354 e. The van der Waals surface area contributed by atoms with Crippen LogP contribution < -0.4 is 4.90 Å². The van der Waals surface area contributed by atoms with Gasteiger partial charge >= 0.3 is 0 Å². The van der Waals surface area contributed by atoms with Gasteiger partial charge in [0.05, 0.1) is 5.52 Å². The molecule has 0 N–H and O–H groups in total. The third-order valence-corrected chi connectivity index (χ3v) is 6.24. The molecule has 0 radical (unpaired) electrons. The summed E-state index contributed by atoms with van der Waals surface area (Å²) >= 11 is 5.47. The lowest BCUT2D eigenvalue weighted by Crippen LogP contribution is -2.47. The van der Waals surface area contributed by atoms with E-state index in [1.54, 1.807) is 0 Å². The first-order valence-electron chi connectivity index (χ1n) is 8.99. The van der Waals surface area contributed by atoms with E-state index in [9.17, 15) is 0 Å². The maximum Gasteiger partial charge on any atom is 0.129 e. The molecule has 0 unspecified atom stereocenters. The predicted octanol–water partition coefficient (Wildman–Crippen LogP) is 4.91. The van der Waals surface area contributed by atoms with Gasteiger partial charge in [-0.15, -0.1) is 11.8 Å². The number of anilines is 1. The number of piperazine rings is 1. The fraction of sp³-hybridized carbons (Fsp3) is 0.286. The Kier molecular flexibility index (Phi) is 5.78. The van der Waals surface area contributed by atoms with Gasteiger partial charge in [-0.05, 0) is 42.5 Å². The minimum absolute atomic E-state index is 1.05. The number of halogens is 1. The molecule has 0 saturated carbocycles. The molecule has 26 heavy (non-hydrogen) atoms. The molecule has 4 rings (SSSR count). The number of benzene rings is 2. The molecule has 3 nitrogen and oxygen atoms in total. The molecule has 0 spiro atoms. The molecule has 0 amide bonds. The van der Waals surface area contributed by atoms with E-state index >= 15 is 0 Å². The quantitative estimate of drug-likeness (QED) is 0.538. The summed E-state index contributed by atoms with van der Waals surface area (Å²) in [5.74, 6) is 2.24. The molecular weight excluding hydrogens is 406 g/mol. The van der Waals surface area contributed by atoms with E-state index in [-0.39, 0.29) is 0 Å². The van der Waals surface area contributed by atoms with Crippen LogP contribution in [-0.2, 0) is 0 Å². The summed E-state index contributed by atoms with van der Waals surface area (Å²) in [7, 11) is 0. The standard InChI is InChI=1S/C21H22BrN3S/c22-18-7-8-20-17(16-18)6-9-21(23-20)25-12-10-24(11-13-25)14-15-26-19-4-2-1-3-5-19/h1-9,16H,10-15H2. The van der Waals surface area contributed by atoms with Crippen LogP contribution in [0.3, 0.4) is 0 Å². The highest BCUT2D eigenvalue weighted by Gasteiger charge is 2.18. The van der Waals surface area contributed by atoms with Crippen LogP contribution in [-0.4, -0.2) is 48.4 Å². The zero-order valence-electron chi connectivity index (χ0n) is 14.6. The summed E-state index contributed by atoms with van der Waals surface area (Å²) in [6, 6.07) is 21.2. The first kappa shape index (κ1) is 17.8. The third-order valence-electron chi connectivity index (χ3n) is 4.75. The Balaban J connectivity index is 1.30. The van der Waals surface area contributed by atoms with E-state index in [1.807, 2.05) is 11.8 Å². The van der Waals surface area contributed by atoms with Crippen molar-refractivity contribution in [3.8, 4) is 0 Å². The van der Waals surface area contributed by atoms with Gasteiger partial charge in [-0.3, -0.25) is 4.90 Å². The van der Waals surface area contributed by atoms with E-state index in [1.165, 1.54) is 10.3 Å². The maximum atomic E-state index is 4.85.